The van der Waals surface area contributed by atoms with Crippen molar-refractivity contribution in [2.75, 3.05) is 26.7 Å². The zero-order valence-corrected chi connectivity index (χ0v) is 11.8. The molecule has 0 saturated carbocycles. The third-order valence-corrected chi connectivity index (χ3v) is 3.93. The second-order valence-electron chi connectivity index (χ2n) is 5.45. The first-order chi connectivity index (χ1) is 9.25. The van der Waals surface area contributed by atoms with Gasteiger partial charge in [-0.05, 0) is 43.8 Å². The van der Waals surface area contributed by atoms with Crippen LogP contribution in [0.4, 0.5) is 0 Å². The Labute approximate surface area is 116 Å². The van der Waals surface area contributed by atoms with Crippen molar-refractivity contribution in [1.82, 2.24) is 10.2 Å². The molecule has 1 saturated heterocycles. The van der Waals surface area contributed by atoms with Crippen LogP contribution in [0.25, 0.3) is 0 Å². The number of nitrogens with zero attached hydrogens (tertiary/aromatic N) is 1. The average Bonchev–Trinajstić information content (AvgIpc) is 2.96. The van der Waals surface area contributed by atoms with Crippen LogP contribution in [-0.2, 0) is 11.2 Å². The number of carbonyl (C=O) groups is 1. The molecule has 0 spiro atoms. The molecule has 1 heterocycles. The van der Waals surface area contributed by atoms with Crippen molar-refractivity contribution in [1.29, 1.82) is 0 Å². The van der Waals surface area contributed by atoms with Gasteiger partial charge in [0.05, 0.1) is 0 Å². The Balaban J connectivity index is 1.67. The predicted molar refractivity (Wildman–Crippen MR) is 78.0 cm³/mol. The van der Waals surface area contributed by atoms with Gasteiger partial charge in [0.15, 0.2) is 0 Å². The van der Waals surface area contributed by atoms with E-state index in [0.29, 0.717) is 12.3 Å². The molecule has 0 radical (unpaired) electrons. The largest absolute Gasteiger partial charge is 0.345 e. The summed E-state index contributed by atoms with van der Waals surface area (Å²) in [7, 11) is 1.91. The van der Waals surface area contributed by atoms with Crippen LogP contribution >= 0.6 is 0 Å². The molecule has 1 amide bonds. The van der Waals surface area contributed by atoms with Crippen LogP contribution < -0.4 is 5.32 Å². The molecule has 2 rings (SSSR count). The van der Waals surface area contributed by atoms with Gasteiger partial charge in [-0.1, -0.05) is 30.3 Å². The van der Waals surface area contributed by atoms with Gasteiger partial charge in [-0.25, -0.2) is 0 Å². The minimum atomic E-state index is 0.280. The maximum atomic E-state index is 12.0. The summed E-state index contributed by atoms with van der Waals surface area (Å²) in [5.74, 6) is 0.981. The van der Waals surface area contributed by atoms with Crippen LogP contribution in [-0.4, -0.2) is 37.5 Å². The highest BCUT2D eigenvalue weighted by Gasteiger charge is 2.17. The number of hydrogen-bond donors (Lipinski definition) is 1. The molecular formula is C16H24N2O. The van der Waals surface area contributed by atoms with E-state index in [1.807, 2.05) is 30.1 Å². The molecule has 0 aromatic heterocycles. The summed E-state index contributed by atoms with van der Waals surface area (Å²) in [6.07, 6.45) is 3.88. The first-order valence-electron chi connectivity index (χ1n) is 7.24. The number of benzene rings is 1. The third-order valence-electron chi connectivity index (χ3n) is 3.93. The van der Waals surface area contributed by atoms with E-state index in [9.17, 15) is 4.79 Å². The lowest BCUT2D eigenvalue weighted by Crippen LogP contribution is -2.29. The molecule has 1 unspecified atom stereocenters. The number of nitrogens with one attached hydrogen (secondary N) is 1. The van der Waals surface area contributed by atoms with Gasteiger partial charge in [-0.3, -0.25) is 4.79 Å². The second-order valence-corrected chi connectivity index (χ2v) is 5.45. The minimum Gasteiger partial charge on any atom is -0.345 e. The van der Waals surface area contributed by atoms with Crippen molar-refractivity contribution in [3.8, 4) is 0 Å². The Morgan fingerprint density at radius 1 is 1.37 bits per heavy atom. The number of amides is 1. The first kappa shape index (κ1) is 14.1. The van der Waals surface area contributed by atoms with E-state index < -0.39 is 0 Å². The second kappa shape index (κ2) is 7.29. The van der Waals surface area contributed by atoms with Crippen LogP contribution in [0.1, 0.15) is 24.8 Å². The standard InChI is InChI=1S/C16H24N2O/c1-18(12-10-14-5-3-2-4-6-14)16(19)8-7-15-9-11-17-13-15/h2-6,15,17H,7-13H2,1H3. The van der Waals surface area contributed by atoms with Crippen molar-refractivity contribution >= 4 is 5.91 Å². The zero-order valence-electron chi connectivity index (χ0n) is 11.8. The van der Waals surface area contributed by atoms with E-state index in [-0.39, 0.29) is 5.91 Å². The Hall–Kier alpha value is -1.35. The normalized spacial score (nSPS) is 18.5. The van der Waals surface area contributed by atoms with Crippen molar-refractivity contribution in [3.63, 3.8) is 0 Å². The molecule has 104 valence electrons. The molecule has 1 N–H and O–H groups in total. The average molecular weight is 260 g/mol. The van der Waals surface area contributed by atoms with E-state index in [0.717, 1.165) is 32.5 Å². The van der Waals surface area contributed by atoms with E-state index in [4.69, 9.17) is 0 Å². The van der Waals surface area contributed by atoms with Crippen LogP contribution in [0.15, 0.2) is 30.3 Å². The summed E-state index contributed by atoms with van der Waals surface area (Å²) in [6, 6.07) is 10.3. The van der Waals surface area contributed by atoms with Crippen LogP contribution in [0.3, 0.4) is 0 Å². The molecule has 3 heteroatoms. The molecule has 19 heavy (non-hydrogen) atoms. The minimum absolute atomic E-state index is 0.280. The zero-order chi connectivity index (χ0) is 13.5. The molecule has 1 aliphatic rings. The number of carbonyl (C=O) groups excluding carboxylic acids is 1. The SMILES string of the molecule is CN(CCc1ccccc1)C(=O)CCC1CCNC1. The monoisotopic (exact) mass is 260 g/mol. The summed E-state index contributed by atoms with van der Waals surface area (Å²) in [5, 5.41) is 3.35. The molecule has 0 aliphatic carbocycles. The molecule has 1 fully saturated rings. The van der Waals surface area contributed by atoms with E-state index in [1.165, 1.54) is 12.0 Å². The highest BCUT2D eigenvalue weighted by Crippen LogP contribution is 2.15. The van der Waals surface area contributed by atoms with Gasteiger partial charge >= 0.3 is 0 Å². The Kier molecular flexibility index (Phi) is 5.40. The summed E-state index contributed by atoms with van der Waals surface area (Å²) in [6.45, 7) is 3.01. The quantitative estimate of drug-likeness (QED) is 0.849. The topological polar surface area (TPSA) is 32.3 Å². The van der Waals surface area contributed by atoms with E-state index >= 15 is 0 Å². The Bertz CT molecular complexity index is 385. The molecule has 1 atom stereocenters. The fraction of sp³-hybridized carbons (Fsp3) is 0.562. The molecule has 1 aliphatic heterocycles. The Morgan fingerprint density at radius 2 is 2.16 bits per heavy atom. The van der Waals surface area contributed by atoms with Crippen LogP contribution in [0.2, 0.25) is 0 Å². The maximum Gasteiger partial charge on any atom is 0.222 e. The van der Waals surface area contributed by atoms with Crippen LogP contribution in [0.5, 0.6) is 0 Å². The molecule has 3 nitrogen and oxygen atoms in total. The summed E-state index contributed by atoms with van der Waals surface area (Å²) < 4.78 is 0. The van der Waals surface area contributed by atoms with Crippen molar-refractivity contribution in [3.05, 3.63) is 35.9 Å². The van der Waals surface area contributed by atoms with Crippen molar-refractivity contribution in [2.45, 2.75) is 25.7 Å². The molecular weight excluding hydrogens is 236 g/mol. The van der Waals surface area contributed by atoms with Gasteiger partial charge in [0.25, 0.3) is 0 Å². The van der Waals surface area contributed by atoms with Gasteiger partial charge in [0, 0.05) is 20.0 Å². The van der Waals surface area contributed by atoms with Gasteiger partial charge in [0.1, 0.15) is 0 Å². The van der Waals surface area contributed by atoms with E-state index in [1.54, 1.807) is 0 Å². The molecule has 0 bridgehead atoms. The lowest BCUT2D eigenvalue weighted by Gasteiger charge is -2.18. The Morgan fingerprint density at radius 3 is 2.84 bits per heavy atom. The highest BCUT2D eigenvalue weighted by molar-refractivity contribution is 5.75. The lowest BCUT2D eigenvalue weighted by atomic mass is 10.0. The first-order valence-corrected chi connectivity index (χ1v) is 7.24. The van der Waals surface area contributed by atoms with Gasteiger partial charge in [-0.15, -0.1) is 0 Å². The third kappa shape index (κ3) is 4.67. The molecule has 1 aromatic rings. The van der Waals surface area contributed by atoms with Gasteiger partial charge in [-0.2, -0.15) is 0 Å². The van der Waals surface area contributed by atoms with Crippen molar-refractivity contribution in [2.24, 2.45) is 5.92 Å². The maximum absolute atomic E-state index is 12.0. The summed E-state index contributed by atoms with van der Waals surface area (Å²) in [5.41, 5.74) is 1.29. The van der Waals surface area contributed by atoms with Crippen LogP contribution in [0, 0.1) is 5.92 Å². The molecule has 1 aromatic carbocycles. The fourth-order valence-electron chi connectivity index (χ4n) is 2.55. The smallest absolute Gasteiger partial charge is 0.222 e. The fourth-order valence-corrected chi connectivity index (χ4v) is 2.55. The van der Waals surface area contributed by atoms with Gasteiger partial charge in [0.2, 0.25) is 5.91 Å². The summed E-state index contributed by atoms with van der Waals surface area (Å²) >= 11 is 0. The number of hydrogen-bond acceptors (Lipinski definition) is 2. The highest BCUT2D eigenvalue weighted by atomic mass is 16.2. The van der Waals surface area contributed by atoms with E-state index in [2.05, 4.69) is 17.4 Å². The lowest BCUT2D eigenvalue weighted by molar-refractivity contribution is -0.130. The van der Waals surface area contributed by atoms with Crippen molar-refractivity contribution < 1.29 is 4.79 Å². The van der Waals surface area contributed by atoms with Gasteiger partial charge < -0.3 is 10.2 Å². The number of rotatable bonds is 6. The number of likely N-dealkylation sites (N-methyl/N-ethyl adjacent to an activating group) is 1. The predicted octanol–water partition coefficient (Wildman–Crippen LogP) is 2.08. The summed E-state index contributed by atoms with van der Waals surface area (Å²) in [4.78, 5) is 13.9.